The minimum Gasteiger partial charge on any atom is -0.321 e. The van der Waals surface area contributed by atoms with Crippen molar-refractivity contribution in [3.8, 4) is 0 Å². The minimum atomic E-state index is -0.0116. The molecule has 0 spiro atoms. The first-order chi connectivity index (χ1) is 4.04. The second kappa shape index (κ2) is 3.56. The molecule has 52 valence electrons. The molecule has 0 fully saturated rings. The Hall–Kier alpha value is -0.440. The van der Waals surface area contributed by atoms with Gasteiger partial charge in [0.25, 0.3) is 0 Å². The zero-order valence-electron chi connectivity index (χ0n) is 5.89. The number of hydrogen-bond acceptors (Lipinski definition) is 2. The molecular weight excluding hydrogens is 134 g/mol. The summed E-state index contributed by atoms with van der Waals surface area (Å²) in [7, 11) is 0. The summed E-state index contributed by atoms with van der Waals surface area (Å²) < 4.78 is 0. The van der Waals surface area contributed by atoms with E-state index in [0.717, 1.165) is 0 Å². The number of carbonyl (C=O) groups excluding carboxylic acids is 1. The fourth-order valence-corrected chi connectivity index (χ4v) is 0.418. The number of hydrogen-bond donors (Lipinski definition) is 1. The van der Waals surface area contributed by atoms with Crippen LogP contribution in [0.4, 0.5) is 0 Å². The van der Waals surface area contributed by atoms with Crippen molar-refractivity contribution in [2.24, 2.45) is 5.92 Å². The van der Waals surface area contributed by atoms with Crippen LogP contribution in [0.3, 0.4) is 0 Å². The maximum absolute atomic E-state index is 10.8. The third-order valence-corrected chi connectivity index (χ3v) is 0.926. The Morgan fingerprint density at radius 3 is 2.11 bits per heavy atom. The van der Waals surface area contributed by atoms with Gasteiger partial charge in [0.1, 0.15) is 0 Å². The quantitative estimate of drug-likeness (QED) is 0.560. The molecule has 2 nitrogen and oxygen atoms in total. The third-order valence-electron chi connectivity index (χ3n) is 0.824. The van der Waals surface area contributed by atoms with Crippen molar-refractivity contribution < 1.29 is 4.79 Å². The van der Waals surface area contributed by atoms with Gasteiger partial charge in [-0.25, -0.2) is 0 Å². The van der Waals surface area contributed by atoms with E-state index in [-0.39, 0.29) is 11.8 Å². The van der Waals surface area contributed by atoms with Crippen molar-refractivity contribution in [2.45, 2.75) is 20.8 Å². The van der Waals surface area contributed by atoms with E-state index in [0.29, 0.717) is 4.99 Å². The molecule has 1 amide bonds. The Kier molecular flexibility index (Phi) is 3.39. The highest BCUT2D eigenvalue weighted by Gasteiger charge is 2.04. The average molecular weight is 145 g/mol. The predicted octanol–water partition coefficient (Wildman–Crippen LogP) is 1.11. The van der Waals surface area contributed by atoms with Gasteiger partial charge in [-0.05, 0) is 6.92 Å². The van der Waals surface area contributed by atoms with E-state index in [9.17, 15) is 4.79 Å². The lowest BCUT2D eigenvalue weighted by atomic mass is 10.2. The number of nitrogens with one attached hydrogen (secondary N) is 1. The van der Waals surface area contributed by atoms with Gasteiger partial charge >= 0.3 is 0 Å². The highest BCUT2D eigenvalue weighted by atomic mass is 32.1. The van der Waals surface area contributed by atoms with Crippen molar-refractivity contribution in [3.63, 3.8) is 0 Å². The number of carbonyl (C=O) groups is 1. The van der Waals surface area contributed by atoms with E-state index in [4.69, 9.17) is 0 Å². The molecule has 0 aliphatic carbocycles. The third kappa shape index (κ3) is 4.09. The van der Waals surface area contributed by atoms with Gasteiger partial charge in [0.2, 0.25) is 5.91 Å². The van der Waals surface area contributed by atoms with Crippen LogP contribution in [0.15, 0.2) is 0 Å². The van der Waals surface area contributed by atoms with Gasteiger partial charge < -0.3 is 5.32 Å². The van der Waals surface area contributed by atoms with Crippen molar-refractivity contribution in [3.05, 3.63) is 0 Å². The molecule has 0 atom stereocenters. The van der Waals surface area contributed by atoms with Gasteiger partial charge in [-0.1, -0.05) is 26.1 Å². The molecule has 0 heterocycles. The Bertz CT molecular complexity index is 131. The maximum Gasteiger partial charge on any atom is 0.227 e. The zero-order valence-corrected chi connectivity index (χ0v) is 6.71. The lowest BCUT2D eigenvalue weighted by Gasteiger charge is -2.03. The van der Waals surface area contributed by atoms with E-state index >= 15 is 0 Å². The lowest BCUT2D eigenvalue weighted by Crippen LogP contribution is -2.30. The molecule has 1 N–H and O–H groups in total. The maximum atomic E-state index is 10.8. The van der Waals surface area contributed by atoms with Crippen LogP contribution in [0, 0.1) is 5.92 Å². The van der Waals surface area contributed by atoms with Crippen LogP contribution in [-0.2, 0) is 4.79 Å². The Labute approximate surface area is 60.6 Å². The largest absolute Gasteiger partial charge is 0.321 e. The SMILES string of the molecule is CC(=S)NC(=O)C(C)C. The highest BCUT2D eigenvalue weighted by Crippen LogP contribution is 1.89. The molecule has 0 bridgehead atoms. The summed E-state index contributed by atoms with van der Waals surface area (Å²) in [5, 5.41) is 2.53. The molecule has 0 aromatic carbocycles. The molecule has 0 saturated carbocycles. The molecule has 0 aromatic heterocycles. The van der Waals surface area contributed by atoms with Gasteiger partial charge in [0.05, 0.1) is 4.99 Å². The zero-order chi connectivity index (χ0) is 7.44. The van der Waals surface area contributed by atoms with Crippen LogP contribution in [-0.4, -0.2) is 10.9 Å². The minimum absolute atomic E-state index is 0.0116. The molecule has 0 aromatic rings. The summed E-state index contributed by atoms with van der Waals surface area (Å²) in [6.45, 7) is 5.34. The standard InChI is InChI=1S/C6H11NOS/c1-4(2)6(8)7-5(3)9/h4H,1-3H3,(H,7,8,9). The smallest absolute Gasteiger partial charge is 0.227 e. The van der Waals surface area contributed by atoms with Crippen LogP contribution in [0.2, 0.25) is 0 Å². The van der Waals surface area contributed by atoms with Gasteiger partial charge in [-0.2, -0.15) is 0 Å². The van der Waals surface area contributed by atoms with E-state index < -0.39 is 0 Å². The summed E-state index contributed by atoms with van der Waals surface area (Å²) in [6.07, 6.45) is 0. The van der Waals surface area contributed by atoms with Gasteiger partial charge in [0, 0.05) is 5.92 Å². The van der Waals surface area contributed by atoms with Crippen LogP contribution in [0.1, 0.15) is 20.8 Å². The van der Waals surface area contributed by atoms with Gasteiger partial charge in [-0.3, -0.25) is 4.79 Å². The highest BCUT2D eigenvalue weighted by molar-refractivity contribution is 7.80. The van der Waals surface area contributed by atoms with E-state index in [1.54, 1.807) is 6.92 Å². The molecule has 0 unspecified atom stereocenters. The fourth-order valence-electron chi connectivity index (χ4n) is 0.318. The molecular formula is C6H11NOS. The summed E-state index contributed by atoms with van der Waals surface area (Å²) in [5.74, 6) is 0.00500. The van der Waals surface area contributed by atoms with E-state index in [2.05, 4.69) is 17.5 Å². The van der Waals surface area contributed by atoms with Crippen LogP contribution < -0.4 is 5.32 Å². The second-order valence-electron chi connectivity index (χ2n) is 2.20. The molecule has 0 saturated heterocycles. The Balaban J connectivity index is 3.64. The molecule has 3 heteroatoms. The Morgan fingerprint density at radius 2 is 2.00 bits per heavy atom. The predicted molar refractivity (Wildman–Crippen MR) is 41.3 cm³/mol. The molecule has 0 rings (SSSR count). The van der Waals surface area contributed by atoms with Gasteiger partial charge in [0.15, 0.2) is 0 Å². The fraction of sp³-hybridized carbons (Fsp3) is 0.667. The number of thiocarbonyl (C=S) groups is 1. The number of rotatable bonds is 1. The van der Waals surface area contributed by atoms with Gasteiger partial charge in [-0.15, -0.1) is 0 Å². The van der Waals surface area contributed by atoms with E-state index in [1.165, 1.54) is 0 Å². The van der Waals surface area contributed by atoms with Crippen LogP contribution in [0.25, 0.3) is 0 Å². The topological polar surface area (TPSA) is 29.1 Å². The molecule has 0 aliphatic heterocycles. The number of amides is 1. The monoisotopic (exact) mass is 145 g/mol. The second-order valence-corrected chi connectivity index (χ2v) is 2.81. The first-order valence-electron chi connectivity index (χ1n) is 2.85. The first kappa shape index (κ1) is 8.56. The van der Waals surface area contributed by atoms with Crippen LogP contribution in [0.5, 0.6) is 0 Å². The van der Waals surface area contributed by atoms with Crippen molar-refractivity contribution >= 4 is 23.1 Å². The summed E-state index contributed by atoms with van der Waals surface area (Å²) in [6, 6.07) is 0. The van der Waals surface area contributed by atoms with E-state index in [1.807, 2.05) is 13.8 Å². The van der Waals surface area contributed by atoms with Crippen molar-refractivity contribution in [2.75, 3.05) is 0 Å². The molecule has 0 radical (unpaired) electrons. The average Bonchev–Trinajstić information content (AvgIpc) is 1.63. The normalized spacial score (nSPS) is 9.33. The lowest BCUT2D eigenvalue weighted by molar-refractivity contribution is -0.122. The molecule has 9 heavy (non-hydrogen) atoms. The Morgan fingerprint density at radius 1 is 1.56 bits per heavy atom. The van der Waals surface area contributed by atoms with Crippen LogP contribution >= 0.6 is 12.2 Å². The summed E-state index contributed by atoms with van der Waals surface area (Å²) in [5.41, 5.74) is 0. The van der Waals surface area contributed by atoms with Crippen molar-refractivity contribution in [1.29, 1.82) is 0 Å². The first-order valence-corrected chi connectivity index (χ1v) is 3.26. The van der Waals surface area contributed by atoms with Crippen molar-refractivity contribution in [1.82, 2.24) is 5.32 Å². The molecule has 0 aliphatic rings. The summed E-state index contributed by atoms with van der Waals surface area (Å²) in [4.78, 5) is 11.3. The summed E-state index contributed by atoms with van der Waals surface area (Å²) >= 11 is 4.66.